The van der Waals surface area contributed by atoms with Crippen molar-refractivity contribution in [2.45, 2.75) is 11.0 Å². The number of nitrogens with zero attached hydrogens (tertiary/aromatic N) is 1. The van der Waals surface area contributed by atoms with Crippen LogP contribution in [-0.4, -0.2) is 26.2 Å². The first kappa shape index (κ1) is 14.5. The van der Waals surface area contributed by atoms with Crippen molar-refractivity contribution in [3.8, 4) is 5.75 Å². The summed E-state index contributed by atoms with van der Waals surface area (Å²) in [6.07, 6.45) is 4.14. The molecule has 1 aromatic carbocycles. The normalized spacial score (nSPS) is 12.9. The maximum absolute atomic E-state index is 11.5. The summed E-state index contributed by atoms with van der Waals surface area (Å²) >= 11 is 0. The number of benzene rings is 1. The van der Waals surface area contributed by atoms with Gasteiger partial charge in [-0.25, -0.2) is 8.42 Å². The maximum Gasteiger partial charge on any atom is 0.175 e. The minimum absolute atomic E-state index is 0.223. The van der Waals surface area contributed by atoms with E-state index < -0.39 is 9.84 Å². The molecule has 0 spiro atoms. The topological polar surface area (TPSA) is 82.3 Å². The van der Waals surface area contributed by atoms with E-state index in [4.69, 9.17) is 10.5 Å². The SMILES string of the molecule is CS(=O)(=O)c1cccc(OC(CN)c2ccncc2)c1. The van der Waals surface area contributed by atoms with Crippen LogP contribution >= 0.6 is 0 Å². The summed E-state index contributed by atoms with van der Waals surface area (Å²) in [7, 11) is -3.25. The zero-order valence-corrected chi connectivity index (χ0v) is 11.9. The Kier molecular flexibility index (Phi) is 4.36. The minimum atomic E-state index is -3.25. The smallest absolute Gasteiger partial charge is 0.175 e. The Morgan fingerprint density at radius 3 is 2.55 bits per heavy atom. The van der Waals surface area contributed by atoms with Gasteiger partial charge in [0.25, 0.3) is 0 Å². The van der Waals surface area contributed by atoms with E-state index in [-0.39, 0.29) is 17.5 Å². The fraction of sp³-hybridized carbons (Fsp3) is 0.214. The zero-order chi connectivity index (χ0) is 14.6. The Bertz CT molecular complexity index is 672. The Morgan fingerprint density at radius 1 is 1.25 bits per heavy atom. The molecular formula is C14H16N2O3S. The Morgan fingerprint density at radius 2 is 1.95 bits per heavy atom. The van der Waals surface area contributed by atoms with Gasteiger partial charge in [0.15, 0.2) is 9.84 Å². The van der Waals surface area contributed by atoms with Gasteiger partial charge in [0.05, 0.1) is 4.90 Å². The van der Waals surface area contributed by atoms with E-state index in [1.54, 1.807) is 24.5 Å². The highest BCUT2D eigenvalue weighted by molar-refractivity contribution is 7.90. The van der Waals surface area contributed by atoms with Crippen LogP contribution in [0.5, 0.6) is 5.75 Å². The van der Waals surface area contributed by atoms with E-state index in [0.717, 1.165) is 11.8 Å². The van der Waals surface area contributed by atoms with Crippen molar-refractivity contribution in [2.24, 2.45) is 5.73 Å². The van der Waals surface area contributed by atoms with Gasteiger partial charge in [-0.2, -0.15) is 0 Å². The summed E-state index contributed by atoms with van der Waals surface area (Å²) in [5, 5.41) is 0. The Balaban J connectivity index is 2.25. The fourth-order valence-electron chi connectivity index (χ4n) is 1.77. The van der Waals surface area contributed by atoms with Crippen molar-refractivity contribution in [3.63, 3.8) is 0 Å². The summed E-state index contributed by atoms with van der Waals surface area (Å²) in [6, 6.07) is 10.0. The first-order valence-electron chi connectivity index (χ1n) is 6.07. The van der Waals surface area contributed by atoms with Gasteiger partial charge in [0.1, 0.15) is 11.9 Å². The van der Waals surface area contributed by atoms with Crippen LogP contribution < -0.4 is 10.5 Å². The third-order valence-corrected chi connectivity index (χ3v) is 3.91. The van der Waals surface area contributed by atoms with Gasteiger partial charge in [-0.05, 0) is 35.9 Å². The highest BCUT2D eigenvalue weighted by atomic mass is 32.2. The van der Waals surface area contributed by atoms with Crippen LogP contribution in [0.2, 0.25) is 0 Å². The van der Waals surface area contributed by atoms with Crippen LogP contribution in [0, 0.1) is 0 Å². The molecule has 1 atom stereocenters. The number of ether oxygens (including phenoxy) is 1. The lowest BCUT2D eigenvalue weighted by atomic mass is 10.1. The second-order valence-corrected chi connectivity index (χ2v) is 6.39. The largest absolute Gasteiger partial charge is 0.484 e. The molecule has 6 heteroatoms. The summed E-state index contributed by atoms with van der Waals surface area (Å²) in [6.45, 7) is 0.285. The van der Waals surface area contributed by atoms with E-state index in [2.05, 4.69) is 4.98 Å². The van der Waals surface area contributed by atoms with Gasteiger partial charge in [-0.15, -0.1) is 0 Å². The number of rotatable bonds is 5. The van der Waals surface area contributed by atoms with Crippen LogP contribution in [-0.2, 0) is 9.84 Å². The van der Waals surface area contributed by atoms with E-state index in [9.17, 15) is 8.42 Å². The lowest BCUT2D eigenvalue weighted by molar-refractivity contribution is 0.213. The van der Waals surface area contributed by atoms with Crippen molar-refractivity contribution < 1.29 is 13.2 Å². The molecule has 0 amide bonds. The predicted octanol–water partition coefficient (Wildman–Crippen LogP) is 1.56. The lowest BCUT2D eigenvalue weighted by Crippen LogP contribution is -2.18. The molecule has 20 heavy (non-hydrogen) atoms. The van der Waals surface area contributed by atoms with Crippen molar-refractivity contribution in [1.82, 2.24) is 4.98 Å². The summed E-state index contributed by atoms with van der Waals surface area (Å²) < 4.78 is 28.8. The second kappa shape index (κ2) is 6.02. The molecule has 0 radical (unpaired) electrons. The van der Waals surface area contributed by atoms with Crippen molar-refractivity contribution in [3.05, 3.63) is 54.4 Å². The predicted molar refractivity (Wildman–Crippen MR) is 76.2 cm³/mol. The van der Waals surface area contributed by atoms with Crippen LogP contribution in [0.1, 0.15) is 11.7 Å². The molecule has 1 unspecified atom stereocenters. The molecule has 106 valence electrons. The number of nitrogens with two attached hydrogens (primary N) is 1. The van der Waals surface area contributed by atoms with Crippen LogP contribution in [0.4, 0.5) is 0 Å². The van der Waals surface area contributed by atoms with E-state index in [1.807, 2.05) is 12.1 Å². The summed E-state index contributed by atoms with van der Waals surface area (Å²) in [4.78, 5) is 4.16. The average molecular weight is 292 g/mol. The Labute approximate surface area is 118 Å². The van der Waals surface area contributed by atoms with Crippen LogP contribution in [0.3, 0.4) is 0 Å². The van der Waals surface area contributed by atoms with Crippen molar-refractivity contribution in [2.75, 3.05) is 12.8 Å². The van der Waals surface area contributed by atoms with Gasteiger partial charge in [0, 0.05) is 25.2 Å². The first-order valence-corrected chi connectivity index (χ1v) is 7.96. The molecular weight excluding hydrogens is 276 g/mol. The third-order valence-electron chi connectivity index (χ3n) is 2.80. The highest BCUT2D eigenvalue weighted by Gasteiger charge is 2.13. The van der Waals surface area contributed by atoms with Crippen molar-refractivity contribution in [1.29, 1.82) is 0 Å². The van der Waals surface area contributed by atoms with Gasteiger partial charge in [-0.3, -0.25) is 4.98 Å². The number of sulfone groups is 1. The zero-order valence-electron chi connectivity index (χ0n) is 11.1. The summed E-state index contributed by atoms with van der Waals surface area (Å²) in [5.41, 5.74) is 6.61. The molecule has 0 saturated carbocycles. The van der Waals surface area contributed by atoms with Gasteiger partial charge < -0.3 is 10.5 Å². The number of hydrogen-bond acceptors (Lipinski definition) is 5. The Hall–Kier alpha value is -1.92. The van der Waals surface area contributed by atoms with Crippen LogP contribution in [0.15, 0.2) is 53.7 Å². The molecule has 1 heterocycles. The standard InChI is InChI=1S/C14H16N2O3S/c1-20(17,18)13-4-2-3-12(9-13)19-14(10-15)11-5-7-16-8-6-11/h2-9,14H,10,15H2,1H3. The fourth-order valence-corrected chi connectivity index (χ4v) is 2.43. The van der Waals surface area contributed by atoms with Crippen molar-refractivity contribution >= 4 is 9.84 Å². The molecule has 0 bridgehead atoms. The molecule has 0 aliphatic carbocycles. The molecule has 2 aromatic rings. The van der Waals surface area contributed by atoms with E-state index in [0.29, 0.717) is 5.75 Å². The van der Waals surface area contributed by atoms with E-state index in [1.165, 1.54) is 12.1 Å². The number of aromatic nitrogens is 1. The van der Waals surface area contributed by atoms with Gasteiger partial charge >= 0.3 is 0 Å². The van der Waals surface area contributed by atoms with E-state index >= 15 is 0 Å². The maximum atomic E-state index is 11.5. The van der Waals surface area contributed by atoms with Crippen LogP contribution in [0.25, 0.3) is 0 Å². The number of pyridine rings is 1. The third kappa shape index (κ3) is 3.55. The molecule has 2 rings (SSSR count). The molecule has 0 aliphatic heterocycles. The second-order valence-electron chi connectivity index (χ2n) is 4.37. The molecule has 0 fully saturated rings. The molecule has 1 aromatic heterocycles. The molecule has 5 nitrogen and oxygen atoms in total. The lowest BCUT2D eigenvalue weighted by Gasteiger charge is -2.18. The minimum Gasteiger partial charge on any atom is -0.484 e. The average Bonchev–Trinajstić information content (AvgIpc) is 2.45. The monoisotopic (exact) mass is 292 g/mol. The molecule has 2 N–H and O–H groups in total. The summed E-state index contributed by atoms with van der Waals surface area (Å²) in [5.74, 6) is 0.472. The molecule has 0 saturated heterocycles. The number of hydrogen-bond donors (Lipinski definition) is 1. The highest BCUT2D eigenvalue weighted by Crippen LogP contribution is 2.23. The quantitative estimate of drug-likeness (QED) is 0.904. The van der Waals surface area contributed by atoms with Gasteiger partial charge in [-0.1, -0.05) is 6.07 Å². The molecule has 0 aliphatic rings. The van der Waals surface area contributed by atoms with Gasteiger partial charge in [0.2, 0.25) is 0 Å². The first-order chi connectivity index (χ1) is 9.50.